The number of nitrogens with zero attached hydrogens (tertiary/aromatic N) is 1. The van der Waals surface area contributed by atoms with Crippen molar-refractivity contribution in [1.29, 1.82) is 0 Å². The van der Waals surface area contributed by atoms with E-state index in [1.165, 1.54) is 0 Å². The minimum atomic E-state index is -0.166. The van der Waals surface area contributed by atoms with E-state index in [2.05, 4.69) is 15.6 Å². The number of hydrogen-bond donors (Lipinski definition) is 3. The molecule has 4 N–H and O–H groups in total. The van der Waals surface area contributed by atoms with Crippen LogP contribution in [0, 0.1) is 0 Å². The molecule has 1 amide bonds. The predicted molar refractivity (Wildman–Crippen MR) is 96.3 cm³/mol. The number of ether oxygens (including phenoxy) is 2. The van der Waals surface area contributed by atoms with Gasteiger partial charge >= 0.3 is 0 Å². The van der Waals surface area contributed by atoms with Gasteiger partial charge in [-0.3, -0.25) is 4.79 Å². The zero-order valence-electron chi connectivity index (χ0n) is 12.4. The Labute approximate surface area is 146 Å². The lowest BCUT2D eigenvalue weighted by Gasteiger charge is -2.10. The molecule has 0 spiro atoms. The van der Waals surface area contributed by atoms with E-state index in [1.54, 1.807) is 6.07 Å². The van der Waals surface area contributed by atoms with Crippen molar-refractivity contribution in [2.45, 2.75) is 13.3 Å². The van der Waals surface area contributed by atoms with Gasteiger partial charge in [0.2, 0.25) is 5.91 Å². The number of nitrogens with two attached hydrogens (primary N) is 1. The van der Waals surface area contributed by atoms with Crippen LogP contribution in [0.4, 0.5) is 5.69 Å². The number of nitrogens with one attached hydrogen (secondary N) is 2. The predicted octanol–water partition coefficient (Wildman–Crippen LogP) is 1.33. The van der Waals surface area contributed by atoms with E-state index in [0.717, 1.165) is 17.9 Å². The molecule has 0 aliphatic carbocycles. The fourth-order valence-electron chi connectivity index (χ4n) is 1.84. The molecule has 0 radical (unpaired) electrons. The highest BCUT2D eigenvalue weighted by Crippen LogP contribution is 2.32. The third-order valence-corrected chi connectivity index (χ3v) is 2.79. The van der Waals surface area contributed by atoms with E-state index < -0.39 is 0 Å². The number of carbonyl (C=O) groups excluding carboxylic acids is 1. The van der Waals surface area contributed by atoms with Crippen molar-refractivity contribution in [3.8, 4) is 11.5 Å². The van der Waals surface area contributed by atoms with Crippen LogP contribution in [-0.4, -0.2) is 38.2 Å². The second-order valence-electron chi connectivity index (χ2n) is 4.49. The topological polar surface area (TPSA) is 98.0 Å². The zero-order chi connectivity index (χ0) is 15.1. The molecule has 1 aromatic rings. The van der Waals surface area contributed by atoms with Crippen molar-refractivity contribution in [3.05, 3.63) is 18.2 Å². The number of rotatable bonds is 4. The Morgan fingerprint density at radius 3 is 2.77 bits per heavy atom. The van der Waals surface area contributed by atoms with Gasteiger partial charge < -0.3 is 25.8 Å². The molecule has 122 valence electrons. The number of halogens is 1. The Kier molecular flexibility index (Phi) is 7.78. The van der Waals surface area contributed by atoms with Crippen LogP contribution in [0.2, 0.25) is 0 Å². The summed E-state index contributed by atoms with van der Waals surface area (Å²) in [6.45, 7) is 3.69. The molecule has 1 aromatic carbocycles. The first-order valence-electron chi connectivity index (χ1n) is 6.92. The van der Waals surface area contributed by atoms with Crippen LogP contribution in [-0.2, 0) is 4.79 Å². The first-order valence-corrected chi connectivity index (χ1v) is 6.92. The molecule has 1 aliphatic rings. The van der Waals surface area contributed by atoms with E-state index in [-0.39, 0.29) is 42.4 Å². The van der Waals surface area contributed by atoms with Crippen LogP contribution >= 0.6 is 24.0 Å². The molecule has 0 fully saturated rings. The molecule has 0 saturated heterocycles. The first kappa shape index (κ1) is 18.3. The van der Waals surface area contributed by atoms with Gasteiger partial charge in [-0.1, -0.05) is 0 Å². The van der Waals surface area contributed by atoms with E-state index in [0.29, 0.717) is 25.5 Å². The molecule has 7 nitrogen and oxygen atoms in total. The number of benzene rings is 1. The average molecular weight is 420 g/mol. The minimum Gasteiger partial charge on any atom is -0.490 e. The quantitative estimate of drug-likeness (QED) is 0.388. The van der Waals surface area contributed by atoms with Gasteiger partial charge in [-0.05, 0) is 19.1 Å². The summed E-state index contributed by atoms with van der Waals surface area (Å²) in [5.41, 5.74) is 6.48. The Morgan fingerprint density at radius 2 is 2.05 bits per heavy atom. The van der Waals surface area contributed by atoms with Gasteiger partial charge in [0, 0.05) is 24.7 Å². The number of carbonyl (C=O) groups is 1. The van der Waals surface area contributed by atoms with Crippen LogP contribution in [0.5, 0.6) is 11.5 Å². The monoisotopic (exact) mass is 420 g/mol. The molecule has 0 unspecified atom stereocenters. The molecule has 0 atom stereocenters. The summed E-state index contributed by atoms with van der Waals surface area (Å²) in [5.74, 6) is 1.40. The van der Waals surface area contributed by atoms with Gasteiger partial charge in [0.05, 0.1) is 13.2 Å². The molecule has 2 rings (SSSR count). The summed E-state index contributed by atoms with van der Waals surface area (Å²) in [6.07, 6.45) is 0.855. The van der Waals surface area contributed by atoms with Crippen LogP contribution < -0.4 is 25.8 Å². The second kappa shape index (κ2) is 9.34. The Morgan fingerprint density at radius 1 is 1.32 bits per heavy atom. The van der Waals surface area contributed by atoms with E-state index in [9.17, 15) is 4.79 Å². The van der Waals surface area contributed by atoms with Crippen molar-refractivity contribution < 1.29 is 14.3 Å². The summed E-state index contributed by atoms with van der Waals surface area (Å²) in [6, 6.07) is 5.44. The third-order valence-electron chi connectivity index (χ3n) is 2.79. The van der Waals surface area contributed by atoms with Crippen LogP contribution in [0.3, 0.4) is 0 Å². The highest BCUT2D eigenvalue weighted by atomic mass is 127. The van der Waals surface area contributed by atoms with Crippen LogP contribution in [0.15, 0.2) is 23.2 Å². The highest BCUT2D eigenvalue weighted by molar-refractivity contribution is 14.0. The molecular weight excluding hydrogens is 399 g/mol. The summed E-state index contributed by atoms with van der Waals surface area (Å²) >= 11 is 0. The number of anilines is 1. The summed E-state index contributed by atoms with van der Waals surface area (Å²) < 4.78 is 11.1. The number of fused-ring (bicyclic) bond motifs is 1. The standard InChI is InChI=1S/C14H20N4O3.HI/c1-2-16-13(19)9-17-14(15)18-10-4-5-11-12(8-10)21-7-3-6-20-11;/h4-5,8H,2-3,6-7,9H2,1H3,(H,16,19)(H3,15,17,18);1H. The Balaban J connectivity index is 0.00000242. The van der Waals surface area contributed by atoms with Gasteiger partial charge in [0.1, 0.15) is 6.54 Å². The molecular formula is C14H21IN4O3. The zero-order valence-corrected chi connectivity index (χ0v) is 14.8. The molecule has 0 aromatic heterocycles. The molecule has 1 aliphatic heterocycles. The molecule has 22 heavy (non-hydrogen) atoms. The van der Waals surface area contributed by atoms with Gasteiger partial charge in [0.25, 0.3) is 0 Å². The van der Waals surface area contributed by atoms with Gasteiger partial charge in [0.15, 0.2) is 17.5 Å². The van der Waals surface area contributed by atoms with Gasteiger partial charge in [-0.15, -0.1) is 24.0 Å². The normalized spacial score (nSPS) is 13.6. The maximum absolute atomic E-state index is 11.3. The Hall–Kier alpha value is -1.71. The average Bonchev–Trinajstić information content (AvgIpc) is 2.70. The maximum Gasteiger partial charge on any atom is 0.241 e. The van der Waals surface area contributed by atoms with Crippen LogP contribution in [0.1, 0.15) is 13.3 Å². The fourth-order valence-corrected chi connectivity index (χ4v) is 1.84. The van der Waals surface area contributed by atoms with Gasteiger partial charge in [-0.25, -0.2) is 4.99 Å². The van der Waals surface area contributed by atoms with Crippen molar-refractivity contribution in [1.82, 2.24) is 5.32 Å². The van der Waals surface area contributed by atoms with E-state index in [1.807, 2.05) is 19.1 Å². The van der Waals surface area contributed by atoms with Gasteiger partial charge in [-0.2, -0.15) is 0 Å². The summed E-state index contributed by atoms with van der Waals surface area (Å²) in [7, 11) is 0. The lowest BCUT2D eigenvalue weighted by molar-refractivity contribution is -0.119. The van der Waals surface area contributed by atoms with Crippen molar-refractivity contribution >= 4 is 41.5 Å². The van der Waals surface area contributed by atoms with Crippen molar-refractivity contribution in [2.24, 2.45) is 10.7 Å². The molecule has 8 heteroatoms. The lowest BCUT2D eigenvalue weighted by atomic mass is 10.3. The number of amides is 1. The summed E-state index contributed by atoms with van der Waals surface area (Å²) in [4.78, 5) is 15.3. The fraction of sp³-hybridized carbons (Fsp3) is 0.429. The Bertz CT molecular complexity index is 537. The third kappa shape index (κ3) is 5.58. The van der Waals surface area contributed by atoms with Crippen LogP contribution in [0.25, 0.3) is 0 Å². The number of hydrogen-bond acceptors (Lipinski definition) is 4. The molecule has 0 saturated carbocycles. The second-order valence-corrected chi connectivity index (χ2v) is 4.49. The number of aliphatic imine (C=N–C) groups is 1. The molecule has 0 bridgehead atoms. The van der Waals surface area contributed by atoms with E-state index in [4.69, 9.17) is 15.2 Å². The smallest absolute Gasteiger partial charge is 0.241 e. The summed E-state index contributed by atoms with van der Waals surface area (Å²) in [5, 5.41) is 5.57. The number of likely N-dealkylation sites (N-methyl/N-ethyl adjacent to an activating group) is 1. The highest BCUT2D eigenvalue weighted by Gasteiger charge is 2.10. The maximum atomic E-state index is 11.3. The van der Waals surface area contributed by atoms with E-state index >= 15 is 0 Å². The molecule has 1 heterocycles. The first-order chi connectivity index (χ1) is 10.2. The van der Waals surface area contributed by atoms with Crippen molar-refractivity contribution in [3.63, 3.8) is 0 Å². The lowest BCUT2D eigenvalue weighted by Crippen LogP contribution is -2.28. The van der Waals surface area contributed by atoms with Crippen molar-refractivity contribution in [2.75, 3.05) is 31.6 Å². The minimum absolute atomic E-state index is 0. The SMILES string of the molecule is CCNC(=O)CN=C(N)Nc1ccc2c(c1)OCCCO2.I. The number of guanidine groups is 1. The largest absolute Gasteiger partial charge is 0.490 e.